The van der Waals surface area contributed by atoms with Crippen LogP contribution >= 0.6 is 0 Å². The van der Waals surface area contributed by atoms with Gasteiger partial charge in [0.05, 0.1) is 10.5 Å². The molecule has 3 aromatic carbocycles. The average Bonchev–Trinajstić information content (AvgIpc) is 2.85. The fraction of sp³-hybridized carbons (Fsp3) is 0.0714. The van der Waals surface area contributed by atoms with E-state index in [-0.39, 0.29) is 29.3 Å². The molecule has 0 unspecified atom stereocenters. The standard InChI is InChI=1S/C28H19NO6/c1-17-6-2-4-8-21(17)28(31)27-22-12-10-19(30)14-25(22)35-26-15-20(11-13-23(26)27)34-16-18-7-3-5-9-24(18)29(32)33/h2-15H,16H2,1H3. The number of hydrogen-bond acceptors (Lipinski definition) is 6. The van der Waals surface area contributed by atoms with Gasteiger partial charge >= 0.3 is 0 Å². The molecule has 0 radical (unpaired) electrons. The fourth-order valence-corrected chi connectivity index (χ4v) is 4.12. The Morgan fingerprint density at radius 3 is 2.54 bits per heavy atom. The number of carbonyl (C=O) groups excluding carboxylic acids is 1. The lowest BCUT2D eigenvalue weighted by Gasteiger charge is -2.15. The lowest BCUT2D eigenvalue weighted by molar-refractivity contribution is -0.385. The highest BCUT2D eigenvalue weighted by Gasteiger charge is 2.23. The lowest BCUT2D eigenvalue weighted by atomic mass is 9.91. The summed E-state index contributed by atoms with van der Waals surface area (Å²) in [4.78, 5) is 36.5. The number of ketones is 1. The Hall–Kier alpha value is -4.78. The molecule has 0 spiro atoms. The normalized spacial score (nSPS) is 11.0. The minimum absolute atomic E-state index is 0.0179. The number of nitrogens with zero attached hydrogens (tertiary/aromatic N) is 1. The number of ether oxygens (including phenoxy) is 1. The number of nitro groups is 1. The highest BCUT2D eigenvalue weighted by molar-refractivity contribution is 6.20. The van der Waals surface area contributed by atoms with Crippen molar-refractivity contribution in [3.05, 3.63) is 128 Å². The van der Waals surface area contributed by atoms with Gasteiger partial charge in [0.15, 0.2) is 11.2 Å². The highest BCUT2D eigenvalue weighted by atomic mass is 16.6. The van der Waals surface area contributed by atoms with E-state index in [4.69, 9.17) is 9.15 Å². The van der Waals surface area contributed by atoms with E-state index in [0.29, 0.717) is 39.0 Å². The van der Waals surface area contributed by atoms with Crippen molar-refractivity contribution in [1.29, 1.82) is 0 Å². The number of hydrogen-bond donors (Lipinski definition) is 0. The molecule has 7 nitrogen and oxygen atoms in total. The van der Waals surface area contributed by atoms with E-state index in [9.17, 15) is 19.7 Å². The van der Waals surface area contributed by atoms with Crippen LogP contribution < -0.4 is 10.2 Å². The third-order valence-corrected chi connectivity index (χ3v) is 5.86. The van der Waals surface area contributed by atoms with Gasteiger partial charge in [-0.3, -0.25) is 19.7 Å². The lowest BCUT2D eigenvalue weighted by Crippen LogP contribution is -2.09. The Morgan fingerprint density at radius 2 is 1.74 bits per heavy atom. The summed E-state index contributed by atoms with van der Waals surface area (Å²) in [6.07, 6.45) is 0. The van der Waals surface area contributed by atoms with Gasteiger partial charge in [-0.2, -0.15) is 0 Å². The van der Waals surface area contributed by atoms with E-state index >= 15 is 0 Å². The third kappa shape index (κ3) is 4.15. The number of para-hydroxylation sites is 1. The first-order chi connectivity index (χ1) is 16.9. The van der Waals surface area contributed by atoms with Crippen molar-refractivity contribution in [2.45, 2.75) is 13.5 Å². The predicted molar refractivity (Wildman–Crippen MR) is 131 cm³/mol. The Labute approximate surface area is 199 Å². The summed E-state index contributed by atoms with van der Waals surface area (Å²) < 4.78 is 11.8. The summed E-state index contributed by atoms with van der Waals surface area (Å²) >= 11 is 0. The summed E-state index contributed by atoms with van der Waals surface area (Å²) in [7, 11) is 0. The van der Waals surface area contributed by atoms with Gasteiger partial charge in [0.25, 0.3) is 5.69 Å². The molecule has 1 aliphatic carbocycles. The second kappa shape index (κ2) is 8.87. The number of fused-ring (bicyclic) bond motifs is 2. The molecular weight excluding hydrogens is 446 g/mol. The summed E-state index contributed by atoms with van der Waals surface area (Å²) in [5.41, 5.74) is 2.89. The van der Waals surface area contributed by atoms with Crippen LogP contribution in [-0.2, 0) is 6.61 Å². The van der Waals surface area contributed by atoms with Gasteiger partial charge in [0, 0.05) is 40.3 Å². The summed E-state index contributed by atoms with van der Waals surface area (Å²) in [5.74, 6) is 0.519. The molecule has 0 aromatic heterocycles. The Kier molecular flexibility index (Phi) is 5.58. The van der Waals surface area contributed by atoms with Crippen molar-refractivity contribution in [2.24, 2.45) is 0 Å². The maximum Gasteiger partial charge on any atom is 0.276 e. The molecular formula is C28H19NO6. The van der Waals surface area contributed by atoms with E-state index in [1.165, 1.54) is 18.2 Å². The maximum absolute atomic E-state index is 13.7. The minimum atomic E-state index is -0.454. The largest absolute Gasteiger partial charge is 0.489 e. The molecule has 0 amide bonds. The molecule has 0 N–H and O–H groups in total. The minimum Gasteiger partial charge on any atom is -0.489 e. The third-order valence-electron chi connectivity index (χ3n) is 5.86. The van der Waals surface area contributed by atoms with Crippen molar-refractivity contribution in [1.82, 2.24) is 0 Å². The van der Waals surface area contributed by atoms with Crippen molar-refractivity contribution < 1.29 is 18.9 Å². The van der Waals surface area contributed by atoms with Crippen LogP contribution in [0.25, 0.3) is 22.3 Å². The van der Waals surface area contributed by atoms with Gasteiger partial charge in [-0.05, 0) is 42.8 Å². The first-order valence-electron chi connectivity index (χ1n) is 10.9. The zero-order chi connectivity index (χ0) is 24.5. The molecule has 0 saturated heterocycles. The van der Waals surface area contributed by atoms with E-state index in [1.54, 1.807) is 48.5 Å². The molecule has 35 heavy (non-hydrogen) atoms. The summed E-state index contributed by atoms with van der Waals surface area (Å²) in [5, 5.41) is 11.9. The van der Waals surface area contributed by atoms with E-state index in [1.807, 2.05) is 25.1 Å². The van der Waals surface area contributed by atoms with Crippen LogP contribution in [-0.4, -0.2) is 10.7 Å². The summed E-state index contributed by atoms with van der Waals surface area (Å²) in [6.45, 7) is 1.85. The quantitative estimate of drug-likeness (QED) is 0.133. The van der Waals surface area contributed by atoms with Crippen LogP contribution in [0.15, 0.2) is 94.1 Å². The second-order valence-electron chi connectivity index (χ2n) is 8.11. The first kappa shape index (κ1) is 22.0. The number of nitro benzene ring substituents is 1. The average molecular weight is 465 g/mol. The molecule has 0 bridgehead atoms. The first-order valence-corrected chi connectivity index (χ1v) is 10.9. The molecule has 7 heteroatoms. The van der Waals surface area contributed by atoms with Gasteiger partial charge in [-0.15, -0.1) is 0 Å². The smallest absolute Gasteiger partial charge is 0.276 e. The van der Waals surface area contributed by atoms with Gasteiger partial charge in [0.2, 0.25) is 0 Å². The molecule has 0 fully saturated rings. The Morgan fingerprint density at radius 1 is 0.971 bits per heavy atom. The van der Waals surface area contributed by atoms with Crippen molar-refractivity contribution in [3.63, 3.8) is 0 Å². The van der Waals surface area contributed by atoms with E-state index in [2.05, 4.69) is 0 Å². The topological polar surface area (TPSA) is 99.7 Å². The number of rotatable bonds is 6. The maximum atomic E-state index is 13.7. The van der Waals surface area contributed by atoms with Crippen molar-refractivity contribution in [3.8, 4) is 17.1 Å². The second-order valence-corrected chi connectivity index (χ2v) is 8.11. The molecule has 3 aromatic rings. The molecule has 172 valence electrons. The SMILES string of the molecule is Cc1ccccc1C(=O)c1c2ccc(=O)cc-2oc2cc(OCc3ccccc3[N+](=O)[O-])ccc12. The zero-order valence-electron chi connectivity index (χ0n) is 18.7. The monoisotopic (exact) mass is 465 g/mol. The predicted octanol–water partition coefficient (Wildman–Crippen LogP) is 5.92. The molecule has 5 rings (SSSR count). The van der Waals surface area contributed by atoms with Crippen LogP contribution in [0.2, 0.25) is 0 Å². The Bertz CT molecular complexity index is 1630. The van der Waals surface area contributed by atoms with Crippen LogP contribution in [0, 0.1) is 17.0 Å². The van der Waals surface area contributed by atoms with Crippen LogP contribution in [0.1, 0.15) is 27.0 Å². The van der Waals surface area contributed by atoms with Crippen molar-refractivity contribution in [2.75, 3.05) is 0 Å². The number of carbonyl (C=O) groups is 1. The number of aryl methyl sites for hydroxylation is 1. The molecule has 1 heterocycles. The van der Waals surface area contributed by atoms with Crippen molar-refractivity contribution >= 4 is 22.4 Å². The van der Waals surface area contributed by atoms with Gasteiger partial charge in [0.1, 0.15) is 23.7 Å². The van der Waals surface area contributed by atoms with Crippen LogP contribution in [0.5, 0.6) is 5.75 Å². The highest BCUT2D eigenvalue weighted by Crippen LogP contribution is 2.36. The fourth-order valence-electron chi connectivity index (χ4n) is 4.12. The number of benzene rings is 4. The van der Waals surface area contributed by atoms with Crippen LogP contribution in [0.4, 0.5) is 5.69 Å². The van der Waals surface area contributed by atoms with Crippen LogP contribution in [0.3, 0.4) is 0 Å². The van der Waals surface area contributed by atoms with E-state index in [0.717, 1.165) is 5.56 Å². The molecule has 0 atom stereocenters. The zero-order valence-corrected chi connectivity index (χ0v) is 18.7. The summed E-state index contributed by atoms with van der Waals surface area (Å²) in [6, 6.07) is 23.1. The Balaban J connectivity index is 1.61. The van der Waals surface area contributed by atoms with E-state index < -0.39 is 4.92 Å². The molecule has 0 saturated carbocycles. The van der Waals surface area contributed by atoms with Gasteiger partial charge in [-0.25, -0.2) is 0 Å². The molecule has 2 aliphatic rings. The molecule has 1 aliphatic heterocycles. The van der Waals surface area contributed by atoms with Gasteiger partial charge in [-0.1, -0.05) is 36.4 Å². The van der Waals surface area contributed by atoms with Gasteiger partial charge < -0.3 is 9.15 Å².